The van der Waals surface area contributed by atoms with Crippen LogP contribution < -0.4 is 5.32 Å². The van der Waals surface area contributed by atoms with Gasteiger partial charge in [0, 0.05) is 35.2 Å². The van der Waals surface area contributed by atoms with Gasteiger partial charge in [0.2, 0.25) is 0 Å². The van der Waals surface area contributed by atoms with Crippen molar-refractivity contribution in [2.75, 3.05) is 13.6 Å². The molecule has 0 spiro atoms. The molecule has 0 saturated heterocycles. The van der Waals surface area contributed by atoms with Crippen LogP contribution in [0.3, 0.4) is 0 Å². The molecular formula is C22H33N3. The maximum absolute atomic E-state index is 3.99. The van der Waals surface area contributed by atoms with Crippen molar-refractivity contribution in [3.8, 4) is 0 Å². The molecule has 1 aromatic carbocycles. The van der Waals surface area contributed by atoms with Gasteiger partial charge in [0.05, 0.1) is 0 Å². The predicted molar refractivity (Wildman–Crippen MR) is 106 cm³/mol. The van der Waals surface area contributed by atoms with Gasteiger partial charge < -0.3 is 15.2 Å². The lowest BCUT2D eigenvalue weighted by Crippen LogP contribution is -2.36. The first-order valence-corrected chi connectivity index (χ1v) is 10.3. The summed E-state index contributed by atoms with van der Waals surface area (Å²) in [4.78, 5) is 6.14. The number of benzene rings is 1. The zero-order chi connectivity index (χ0) is 17.2. The number of nitrogens with zero attached hydrogens (tertiary/aromatic N) is 1. The molecule has 1 heterocycles. The second-order valence-corrected chi connectivity index (χ2v) is 8.17. The van der Waals surface area contributed by atoms with Gasteiger partial charge in [0.15, 0.2) is 0 Å². The standard InChI is InChI=1S/C22H33N3/c1-3-25(2)15-16-12-13-20-19(14-16)18-10-7-11-21(22(18)24-20)23-17-8-5-4-6-9-17/h12-14,17,21,23-24H,3-11,15H2,1-2H3. The van der Waals surface area contributed by atoms with Crippen molar-refractivity contribution in [2.45, 2.75) is 76.9 Å². The summed E-state index contributed by atoms with van der Waals surface area (Å²) in [6.45, 7) is 4.35. The Balaban J connectivity index is 1.60. The van der Waals surface area contributed by atoms with E-state index in [1.54, 1.807) is 5.56 Å². The van der Waals surface area contributed by atoms with E-state index in [0.717, 1.165) is 19.1 Å². The summed E-state index contributed by atoms with van der Waals surface area (Å²) < 4.78 is 0. The highest BCUT2D eigenvalue weighted by Gasteiger charge is 2.26. The maximum atomic E-state index is 3.99. The van der Waals surface area contributed by atoms with E-state index in [-0.39, 0.29) is 0 Å². The fraction of sp³-hybridized carbons (Fsp3) is 0.636. The summed E-state index contributed by atoms with van der Waals surface area (Å²) >= 11 is 0. The van der Waals surface area contributed by atoms with Gasteiger partial charge in [-0.05, 0) is 69.0 Å². The Morgan fingerprint density at radius 1 is 1.12 bits per heavy atom. The number of rotatable bonds is 5. The van der Waals surface area contributed by atoms with Gasteiger partial charge in [-0.2, -0.15) is 0 Å². The number of hydrogen-bond donors (Lipinski definition) is 2. The zero-order valence-corrected chi connectivity index (χ0v) is 15.9. The van der Waals surface area contributed by atoms with Crippen LogP contribution in [-0.2, 0) is 13.0 Å². The molecule has 0 aliphatic heterocycles. The molecule has 0 amide bonds. The van der Waals surface area contributed by atoms with Crippen molar-refractivity contribution in [2.24, 2.45) is 0 Å². The average Bonchev–Trinajstić information content (AvgIpc) is 3.02. The Hall–Kier alpha value is -1.32. The molecule has 25 heavy (non-hydrogen) atoms. The van der Waals surface area contributed by atoms with E-state index in [1.807, 2.05) is 0 Å². The normalized spacial score (nSPS) is 21.8. The van der Waals surface area contributed by atoms with Crippen molar-refractivity contribution in [3.63, 3.8) is 0 Å². The minimum absolute atomic E-state index is 0.529. The minimum atomic E-state index is 0.529. The number of aromatic nitrogens is 1. The molecule has 1 unspecified atom stereocenters. The Labute approximate surface area is 152 Å². The smallest absolute Gasteiger partial charge is 0.0478 e. The van der Waals surface area contributed by atoms with E-state index in [9.17, 15) is 0 Å². The van der Waals surface area contributed by atoms with E-state index in [4.69, 9.17) is 0 Å². The molecule has 3 nitrogen and oxygen atoms in total. The highest BCUT2D eigenvalue weighted by molar-refractivity contribution is 5.85. The first-order valence-electron chi connectivity index (χ1n) is 10.3. The first kappa shape index (κ1) is 17.1. The van der Waals surface area contributed by atoms with Gasteiger partial charge in [-0.3, -0.25) is 0 Å². The van der Waals surface area contributed by atoms with Crippen LogP contribution in [-0.4, -0.2) is 29.5 Å². The molecule has 1 aromatic heterocycles. The Morgan fingerprint density at radius 3 is 2.76 bits per heavy atom. The SMILES string of the molecule is CCN(C)Cc1ccc2[nH]c3c(c2c1)CCCC3NC1CCCCC1. The lowest BCUT2D eigenvalue weighted by molar-refractivity contribution is 0.318. The number of nitrogens with one attached hydrogen (secondary N) is 2. The molecule has 2 N–H and O–H groups in total. The first-order chi connectivity index (χ1) is 12.2. The van der Waals surface area contributed by atoms with E-state index in [2.05, 4.69) is 47.4 Å². The summed E-state index contributed by atoms with van der Waals surface area (Å²) in [5.41, 5.74) is 5.81. The summed E-state index contributed by atoms with van der Waals surface area (Å²) in [6.07, 6.45) is 10.8. The van der Waals surface area contributed by atoms with Gasteiger partial charge in [-0.25, -0.2) is 0 Å². The molecule has 0 bridgehead atoms. The van der Waals surface area contributed by atoms with Gasteiger partial charge in [-0.1, -0.05) is 32.3 Å². The van der Waals surface area contributed by atoms with Crippen molar-refractivity contribution in [1.29, 1.82) is 0 Å². The van der Waals surface area contributed by atoms with E-state index >= 15 is 0 Å². The second kappa shape index (κ2) is 7.51. The molecule has 1 atom stereocenters. The van der Waals surface area contributed by atoms with Crippen molar-refractivity contribution < 1.29 is 0 Å². The highest BCUT2D eigenvalue weighted by atomic mass is 15.1. The molecule has 1 fully saturated rings. The molecule has 4 rings (SSSR count). The van der Waals surface area contributed by atoms with Gasteiger partial charge in [0.1, 0.15) is 0 Å². The Bertz CT molecular complexity index is 711. The molecule has 136 valence electrons. The monoisotopic (exact) mass is 339 g/mol. The highest BCUT2D eigenvalue weighted by Crippen LogP contribution is 2.36. The van der Waals surface area contributed by atoms with Crippen LogP contribution in [0, 0.1) is 0 Å². The number of aromatic amines is 1. The summed E-state index contributed by atoms with van der Waals surface area (Å²) in [5.74, 6) is 0. The predicted octanol–water partition coefficient (Wildman–Crippen LogP) is 4.92. The Morgan fingerprint density at radius 2 is 1.96 bits per heavy atom. The van der Waals surface area contributed by atoms with Gasteiger partial charge in [0.25, 0.3) is 0 Å². The van der Waals surface area contributed by atoms with Crippen LogP contribution in [0.15, 0.2) is 18.2 Å². The topological polar surface area (TPSA) is 31.1 Å². The molecule has 3 heteroatoms. The van der Waals surface area contributed by atoms with Crippen LogP contribution in [0.4, 0.5) is 0 Å². The van der Waals surface area contributed by atoms with Crippen molar-refractivity contribution >= 4 is 10.9 Å². The quantitative estimate of drug-likeness (QED) is 0.810. The summed E-state index contributed by atoms with van der Waals surface area (Å²) in [5, 5.41) is 5.46. The number of H-pyrrole nitrogens is 1. The van der Waals surface area contributed by atoms with E-state index < -0.39 is 0 Å². The maximum Gasteiger partial charge on any atom is 0.0478 e. The van der Waals surface area contributed by atoms with Crippen LogP contribution in [0.2, 0.25) is 0 Å². The van der Waals surface area contributed by atoms with Crippen molar-refractivity contribution in [1.82, 2.24) is 15.2 Å². The largest absolute Gasteiger partial charge is 0.357 e. The fourth-order valence-electron chi connectivity index (χ4n) is 4.75. The fourth-order valence-corrected chi connectivity index (χ4v) is 4.75. The lowest BCUT2D eigenvalue weighted by atomic mass is 9.89. The third-order valence-electron chi connectivity index (χ3n) is 6.31. The zero-order valence-electron chi connectivity index (χ0n) is 15.9. The Kier molecular flexibility index (Phi) is 5.14. The van der Waals surface area contributed by atoms with Gasteiger partial charge in [-0.15, -0.1) is 0 Å². The van der Waals surface area contributed by atoms with Crippen LogP contribution in [0.25, 0.3) is 10.9 Å². The van der Waals surface area contributed by atoms with E-state index in [0.29, 0.717) is 6.04 Å². The molecule has 0 radical (unpaired) electrons. The number of fused-ring (bicyclic) bond motifs is 3. The third kappa shape index (κ3) is 3.63. The van der Waals surface area contributed by atoms with Crippen molar-refractivity contribution in [3.05, 3.63) is 35.0 Å². The van der Waals surface area contributed by atoms with E-state index in [1.165, 1.54) is 73.5 Å². The average molecular weight is 340 g/mol. The summed E-state index contributed by atoms with van der Waals surface area (Å²) in [6, 6.07) is 8.27. The molecule has 1 saturated carbocycles. The van der Waals surface area contributed by atoms with Crippen LogP contribution >= 0.6 is 0 Å². The number of hydrogen-bond acceptors (Lipinski definition) is 2. The molecule has 2 aromatic rings. The second-order valence-electron chi connectivity index (χ2n) is 8.17. The third-order valence-corrected chi connectivity index (χ3v) is 6.31. The van der Waals surface area contributed by atoms with Crippen LogP contribution in [0.5, 0.6) is 0 Å². The van der Waals surface area contributed by atoms with Gasteiger partial charge >= 0.3 is 0 Å². The van der Waals surface area contributed by atoms with Crippen LogP contribution in [0.1, 0.15) is 74.7 Å². The molecule has 2 aliphatic carbocycles. The summed E-state index contributed by atoms with van der Waals surface area (Å²) in [7, 11) is 2.20. The number of aryl methyl sites for hydroxylation is 1. The molecule has 2 aliphatic rings. The molecular weight excluding hydrogens is 306 g/mol. The lowest BCUT2D eigenvalue weighted by Gasteiger charge is -2.31. The minimum Gasteiger partial charge on any atom is -0.357 e.